The Labute approximate surface area is 218 Å². The molecule has 0 aliphatic carbocycles. The molecule has 5 nitrogen and oxygen atoms in total. The topological polar surface area (TPSA) is 40.6 Å². The maximum absolute atomic E-state index is 13.7. The molecule has 0 spiro atoms. The maximum Gasteiger partial charge on any atom is 0.332 e. The lowest BCUT2D eigenvalue weighted by atomic mass is 9.91. The van der Waals surface area contributed by atoms with Gasteiger partial charge in [-0.15, -0.1) is 0 Å². The van der Waals surface area contributed by atoms with Gasteiger partial charge in [0.05, 0.1) is 33.4 Å². The minimum Gasteiger partial charge on any atom is -1.00 e. The number of hydrogen-bond donors (Lipinski definition) is 0. The van der Waals surface area contributed by atoms with Gasteiger partial charge >= 0.3 is 6.03 Å². The van der Waals surface area contributed by atoms with Gasteiger partial charge in [-0.3, -0.25) is 4.79 Å². The fraction of sp³-hybridized carbons (Fsp3) is 0.391. The Morgan fingerprint density at radius 2 is 1.56 bits per heavy atom. The van der Waals surface area contributed by atoms with Crippen molar-refractivity contribution in [2.45, 2.75) is 25.3 Å². The Morgan fingerprint density at radius 1 is 1.00 bits per heavy atom. The van der Waals surface area contributed by atoms with Gasteiger partial charge in [0.2, 0.25) is 0 Å². The van der Waals surface area contributed by atoms with Crippen molar-refractivity contribution in [2.24, 2.45) is 0 Å². The summed E-state index contributed by atoms with van der Waals surface area (Å²) in [6.45, 7) is 3.21. The molecule has 3 amide bonds. The van der Waals surface area contributed by atoms with Gasteiger partial charge < -0.3 is 26.4 Å². The molecular weight excluding hydrogens is 581 g/mol. The summed E-state index contributed by atoms with van der Waals surface area (Å²) in [5.41, 5.74) is 0.364. The quantitative estimate of drug-likeness (QED) is 0.359. The highest BCUT2D eigenvalue weighted by molar-refractivity contribution is 9.10. The van der Waals surface area contributed by atoms with Crippen molar-refractivity contribution >= 4 is 56.8 Å². The Hall–Kier alpha value is -1.12. The summed E-state index contributed by atoms with van der Waals surface area (Å²) in [6, 6.07) is 12.2. The number of carbonyl (C=O) groups excluding carboxylic acids is 2. The van der Waals surface area contributed by atoms with Crippen LogP contribution in [0.15, 0.2) is 46.9 Å². The van der Waals surface area contributed by atoms with Crippen LogP contribution >= 0.6 is 39.1 Å². The Balaban J connectivity index is 0.00000363. The summed E-state index contributed by atoms with van der Waals surface area (Å²) in [4.78, 5) is 30.1. The predicted molar refractivity (Wildman–Crippen MR) is 130 cm³/mol. The second kappa shape index (κ2) is 10.4. The first-order chi connectivity index (χ1) is 14.4. The highest BCUT2D eigenvalue weighted by atomic mass is 79.9. The number of urea groups is 1. The Morgan fingerprint density at radius 3 is 2.09 bits per heavy atom. The molecule has 0 radical (unpaired) electrons. The molecule has 1 heterocycles. The zero-order chi connectivity index (χ0) is 23.0. The number of rotatable bonds is 7. The predicted octanol–water partition coefficient (Wildman–Crippen LogP) is 2.63. The molecule has 1 aliphatic heterocycles. The highest BCUT2D eigenvalue weighted by Gasteiger charge is 2.54. The third kappa shape index (κ3) is 6.06. The molecule has 0 bridgehead atoms. The minimum atomic E-state index is -1.01. The van der Waals surface area contributed by atoms with Crippen LogP contribution in [0.4, 0.5) is 10.5 Å². The molecule has 0 N–H and O–H groups in total. The number of halogens is 4. The molecule has 1 fully saturated rings. The van der Waals surface area contributed by atoms with E-state index in [1.807, 2.05) is 31.2 Å². The van der Waals surface area contributed by atoms with Gasteiger partial charge in [-0.2, -0.15) is 0 Å². The molecule has 1 atom stereocenters. The van der Waals surface area contributed by atoms with E-state index in [1.165, 1.54) is 4.90 Å². The fourth-order valence-electron chi connectivity index (χ4n) is 3.89. The molecular formula is C23H27Br2Cl2N3O2. The zero-order valence-corrected chi connectivity index (χ0v) is 23.2. The normalized spacial score (nSPS) is 18.8. The SMILES string of the molecule is C[C@@]1(Cc2ccc(Br)cc2)C(=O)N(c2cc(Cl)cc(Cl)c2)C(=O)N1CCC[N+](C)(C)C.[Br-]. The standard InChI is InChI=1S/C23H27BrCl2N3O2.BrH/c1-23(15-16-6-8-17(24)9-7-16)21(30)28(20-13-18(25)12-19(26)14-20)22(31)27(23)10-5-11-29(2,3)4;/h6-9,12-14H,5,10-11,15H2,1-4H3;1H/q+1;/p-1/t23-;/m1./s1. The molecule has 2 aromatic rings. The van der Waals surface area contributed by atoms with Crippen LogP contribution < -0.4 is 21.9 Å². The van der Waals surface area contributed by atoms with E-state index in [4.69, 9.17) is 23.2 Å². The zero-order valence-electron chi connectivity index (χ0n) is 18.5. The Kier molecular flexibility index (Phi) is 8.84. The van der Waals surface area contributed by atoms with Crippen molar-refractivity contribution in [1.82, 2.24) is 4.90 Å². The molecule has 0 saturated carbocycles. The highest BCUT2D eigenvalue weighted by Crippen LogP contribution is 2.37. The number of carbonyl (C=O) groups is 2. The van der Waals surface area contributed by atoms with Crippen molar-refractivity contribution in [3.63, 3.8) is 0 Å². The van der Waals surface area contributed by atoms with Gasteiger partial charge in [0.15, 0.2) is 0 Å². The van der Waals surface area contributed by atoms with Crippen molar-refractivity contribution in [1.29, 1.82) is 0 Å². The van der Waals surface area contributed by atoms with Gasteiger partial charge in [-0.05, 0) is 42.8 Å². The van der Waals surface area contributed by atoms with Crippen LogP contribution in [0.3, 0.4) is 0 Å². The van der Waals surface area contributed by atoms with E-state index in [9.17, 15) is 9.59 Å². The summed E-state index contributed by atoms with van der Waals surface area (Å²) in [5.74, 6) is -0.274. The third-order valence-corrected chi connectivity index (χ3v) is 6.42. The minimum absolute atomic E-state index is 0. The van der Waals surface area contributed by atoms with E-state index in [0.29, 0.717) is 28.7 Å². The number of benzene rings is 2. The van der Waals surface area contributed by atoms with Gasteiger partial charge in [0.1, 0.15) is 5.54 Å². The molecule has 1 saturated heterocycles. The molecule has 3 rings (SSSR count). The first kappa shape index (κ1) is 27.1. The number of amides is 3. The van der Waals surface area contributed by atoms with Crippen LogP contribution in [0.1, 0.15) is 18.9 Å². The van der Waals surface area contributed by atoms with E-state index >= 15 is 0 Å². The number of nitrogens with zero attached hydrogens (tertiary/aromatic N) is 3. The molecule has 174 valence electrons. The molecule has 0 aromatic heterocycles. The van der Waals surface area contributed by atoms with Gasteiger partial charge in [-0.25, -0.2) is 9.69 Å². The summed E-state index contributed by atoms with van der Waals surface area (Å²) in [6.07, 6.45) is 1.20. The number of quaternary nitrogens is 1. The number of imide groups is 1. The van der Waals surface area contributed by atoms with Crippen molar-refractivity contribution < 1.29 is 31.1 Å². The van der Waals surface area contributed by atoms with Crippen LogP contribution in [0, 0.1) is 0 Å². The van der Waals surface area contributed by atoms with Crippen LogP contribution in [0.2, 0.25) is 10.0 Å². The average Bonchev–Trinajstić information content (AvgIpc) is 2.82. The summed E-state index contributed by atoms with van der Waals surface area (Å²) >= 11 is 15.8. The molecule has 2 aromatic carbocycles. The average molecular weight is 608 g/mol. The third-order valence-electron chi connectivity index (χ3n) is 5.46. The van der Waals surface area contributed by atoms with Crippen molar-refractivity contribution in [3.05, 3.63) is 62.5 Å². The molecule has 32 heavy (non-hydrogen) atoms. The fourth-order valence-corrected chi connectivity index (χ4v) is 4.67. The van der Waals surface area contributed by atoms with E-state index in [-0.39, 0.29) is 28.9 Å². The summed E-state index contributed by atoms with van der Waals surface area (Å²) < 4.78 is 1.75. The number of anilines is 1. The van der Waals surface area contributed by atoms with Gasteiger partial charge in [-0.1, -0.05) is 51.3 Å². The first-order valence-electron chi connectivity index (χ1n) is 10.1. The van der Waals surface area contributed by atoms with Crippen LogP contribution in [-0.2, 0) is 11.2 Å². The lowest BCUT2D eigenvalue weighted by molar-refractivity contribution is -0.870. The summed E-state index contributed by atoms with van der Waals surface area (Å²) in [7, 11) is 6.33. The van der Waals surface area contributed by atoms with Crippen molar-refractivity contribution in [2.75, 3.05) is 39.1 Å². The second-order valence-corrected chi connectivity index (χ2v) is 10.9. The maximum atomic E-state index is 13.7. The van der Waals surface area contributed by atoms with E-state index in [1.54, 1.807) is 23.1 Å². The Bertz CT molecular complexity index is 975. The van der Waals surface area contributed by atoms with Crippen LogP contribution in [0.5, 0.6) is 0 Å². The lowest BCUT2D eigenvalue weighted by Crippen LogP contribution is -3.00. The van der Waals surface area contributed by atoms with Gasteiger partial charge in [0, 0.05) is 33.9 Å². The van der Waals surface area contributed by atoms with Gasteiger partial charge in [0.25, 0.3) is 5.91 Å². The monoisotopic (exact) mass is 605 g/mol. The van der Waals surface area contributed by atoms with Crippen molar-refractivity contribution in [3.8, 4) is 0 Å². The molecule has 1 aliphatic rings. The van der Waals surface area contributed by atoms with E-state index in [2.05, 4.69) is 37.1 Å². The smallest absolute Gasteiger partial charge is 0.332 e. The van der Waals surface area contributed by atoms with Crippen LogP contribution in [-0.4, -0.2) is 61.1 Å². The van der Waals surface area contributed by atoms with E-state index in [0.717, 1.165) is 27.5 Å². The lowest BCUT2D eigenvalue weighted by Gasteiger charge is -2.33. The molecule has 9 heteroatoms. The largest absolute Gasteiger partial charge is 1.00 e. The molecule has 0 unspecified atom stereocenters. The second-order valence-electron chi connectivity index (χ2n) is 9.15. The first-order valence-corrected chi connectivity index (χ1v) is 11.6. The van der Waals surface area contributed by atoms with Crippen LogP contribution in [0.25, 0.3) is 0 Å². The number of hydrogen-bond acceptors (Lipinski definition) is 2. The summed E-state index contributed by atoms with van der Waals surface area (Å²) in [5, 5.41) is 0.752. The van der Waals surface area contributed by atoms with E-state index < -0.39 is 5.54 Å².